The van der Waals surface area contributed by atoms with Gasteiger partial charge in [0, 0.05) is 6.42 Å². The summed E-state index contributed by atoms with van der Waals surface area (Å²) in [6.45, 7) is 1.85. The van der Waals surface area contributed by atoms with Crippen molar-refractivity contribution in [3.63, 3.8) is 0 Å². The van der Waals surface area contributed by atoms with E-state index in [-0.39, 0.29) is 5.91 Å². The van der Waals surface area contributed by atoms with E-state index < -0.39 is 0 Å². The van der Waals surface area contributed by atoms with Crippen molar-refractivity contribution in [2.45, 2.75) is 19.8 Å². The van der Waals surface area contributed by atoms with E-state index in [0.717, 1.165) is 27.1 Å². The second-order valence-electron chi connectivity index (χ2n) is 5.07. The quantitative estimate of drug-likeness (QED) is 0.614. The average Bonchev–Trinajstić information content (AvgIpc) is 2.58. The van der Waals surface area contributed by atoms with Gasteiger partial charge in [-0.15, -0.1) is 0 Å². The highest BCUT2D eigenvalue weighted by atomic mass is 79.9. The molecule has 2 aromatic rings. The van der Waals surface area contributed by atoms with Crippen molar-refractivity contribution in [1.82, 2.24) is 5.43 Å². The highest BCUT2D eigenvalue weighted by Gasteiger charge is 2.05. The number of carbonyl (C=O) groups is 1. The molecule has 120 valence electrons. The normalized spacial score (nSPS) is 11.2. The van der Waals surface area contributed by atoms with Gasteiger partial charge in [0.2, 0.25) is 5.91 Å². The number of ether oxygens (including phenoxy) is 1. The van der Waals surface area contributed by atoms with Gasteiger partial charge in [-0.1, -0.05) is 30.3 Å². The van der Waals surface area contributed by atoms with Crippen LogP contribution < -0.4 is 10.2 Å². The van der Waals surface area contributed by atoms with Gasteiger partial charge in [0.25, 0.3) is 0 Å². The van der Waals surface area contributed by atoms with Crippen molar-refractivity contribution in [2.75, 3.05) is 7.11 Å². The Kier molecular flexibility index (Phi) is 6.35. The van der Waals surface area contributed by atoms with Gasteiger partial charge in [0.15, 0.2) is 0 Å². The Bertz CT molecular complexity index is 699. The van der Waals surface area contributed by atoms with Gasteiger partial charge in [-0.25, -0.2) is 5.43 Å². The minimum atomic E-state index is -0.0965. The molecule has 0 saturated heterocycles. The number of halogens is 1. The molecule has 0 heterocycles. The summed E-state index contributed by atoms with van der Waals surface area (Å²) in [5.74, 6) is 0.661. The molecule has 1 N–H and O–H groups in total. The Morgan fingerprint density at radius 3 is 2.61 bits per heavy atom. The zero-order chi connectivity index (χ0) is 16.7. The maximum atomic E-state index is 11.9. The monoisotopic (exact) mass is 374 g/mol. The lowest BCUT2D eigenvalue weighted by Crippen LogP contribution is -2.19. The van der Waals surface area contributed by atoms with Crippen LogP contribution in [0.3, 0.4) is 0 Å². The third kappa shape index (κ3) is 5.21. The zero-order valence-electron chi connectivity index (χ0n) is 13.2. The second-order valence-corrected chi connectivity index (χ2v) is 5.92. The number of aryl methyl sites for hydroxylation is 1. The van der Waals surface area contributed by atoms with Crippen LogP contribution in [0.1, 0.15) is 24.5 Å². The molecule has 5 heteroatoms. The van der Waals surface area contributed by atoms with Crippen LogP contribution in [0.4, 0.5) is 0 Å². The fourth-order valence-electron chi connectivity index (χ4n) is 2.06. The number of rotatable bonds is 6. The Morgan fingerprint density at radius 2 is 1.96 bits per heavy atom. The van der Waals surface area contributed by atoms with Gasteiger partial charge in [-0.05, 0) is 58.6 Å². The summed E-state index contributed by atoms with van der Waals surface area (Å²) >= 11 is 3.44. The van der Waals surface area contributed by atoms with E-state index >= 15 is 0 Å². The summed E-state index contributed by atoms with van der Waals surface area (Å²) < 4.78 is 6.04. The molecular weight excluding hydrogens is 356 g/mol. The molecular formula is C18H19BrN2O2. The van der Waals surface area contributed by atoms with Crippen molar-refractivity contribution < 1.29 is 9.53 Å². The molecule has 0 spiro atoms. The maximum Gasteiger partial charge on any atom is 0.240 e. The summed E-state index contributed by atoms with van der Waals surface area (Å²) in [5, 5.41) is 4.16. The first-order valence-corrected chi connectivity index (χ1v) is 8.10. The topological polar surface area (TPSA) is 50.7 Å². The molecule has 0 fully saturated rings. The Hall–Kier alpha value is -2.14. The molecule has 1 amide bonds. The van der Waals surface area contributed by atoms with E-state index in [1.165, 1.54) is 0 Å². The molecule has 0 aliphatic carbocycles. The number of hydrazone groups is 1. The number of nitrogens with zero attached hydrogens (tertiary/aromatic N) is 1. The highest BCUT2D eigenvalue weighted by Crippen LogP contribution is 2.25. The minimum absolute atomic E-state index is 0.0965. The van der Waals surface area contributed by atoms with Gasteiger partial charge in [-0.2, -0.15) is 5.10 Å². The fraction of sp³-hybridized carbons (Fsp3) is 0.222. The molecule has 0 aliphatic heterocycles. The number of carbonyl (C=O) groups excluding carboxylic acids is 1. The van der Waals surface area contributed by atoms with Crippen molar-refractivity contribution in [1.29, 1.82) is 0 Å². The molecule has 23 heavy (non-hydrogen) atoms. The van der Waals surface area contributed by atoms with Crippen LogP contribution in [0.15, 0.2) is 58.1 Å². The van der Waals surface area contributed by atoms with Crippen molar-refractivity contribution in [2.24, 2.45) is 5.10 Å². The van der Waals surface area contributed by atoms with Gasteiger partial charge >= 0.3 is 0 Å². The van der Waals surface area contributed by atoms with Gasteiger partial charge in [0.1, 0.15) is 5.75 Å². The maximum absolute atomic E-state index is 11.9. The number of amides is 1. The van der Waals surface area contributed by atoms with E-state index in [1.54, 1.807) is 7.11 Å². The van der Waals surface area contributed by atoms with Gasteiger partial charge < -0.3 is 4.74 Å². The van der Waals surface area contributed by atoms with Crippen LogP contribution in [0.2, 0.25) is 0 Å². The lowest BCUT2D eigenvalue weighted by atomic mass is 10.1. The Balaban J connectivity index is 1.91. The van der Waals surface area contributed by atoms with E-state index in [9.17, 15) is 4.79 Å². The molecule has 0 radical (unpaired) electrons. The SMILES string of the molecule is COc1ccc(/C(C)=N\NC(=O)CCc2ccccc2)cc1Br. The molecule has 0 aromatic heterocycles. The zero-order valence-corrected chi connectivity index (χ0v) is 14.8. The van der Waals surface area contributed by atoms with Crippen LogP contribution in [-0.2, 0) is 11.2 Å². The predicted molar refractivity (Wildman–Crippen MR) is 95.8 cm³/mol. The van der Waals surface area contributed by atoms with Crippen LogP contribution in [0.5, 0.6) is 5.75 Å². The number of hydrogen-bond donors (Lipinski definition) is 1. The number of methoxy groups -OCH3 is 1. The Labute approximate surface area is 144 Å². The molecule has 0 bridgehead atoms. The third-order valence-corrected chi connectivity index (χ3v) is 4.02. The van der Waals surface area contributed by atoms with E-state index in [0.29, 0.717) is 12.8 Å². The molecule has 2 aromatic carbocycles. The molecule has 0 saturated carbocycles. The van der Waals surface area contributed by atoms with Crippen LogP contribution in [0.25, 0.3) is 0 Å². The first kappa shape index (κ1) is 17.2. The highest BCUT2D eigenvalue weighted by molar-refractivity contribution is 9.10. The molecule has 0 atom stereocenters. The molecule has 2 rings (SSSR count). The first-order valence-electron chi connectivity index (χ1n) is 7.31. The standard InChI is InChI=1S/C18H19BrN2O2/c1-13(15-9-10-17(23-2)16(19)12-15)20-21-18(22)11-8-14-6-4-3-5-7-14/h3-7,9-10,12H,8,11H2,1-2H3,(H,21,22)/b20-13-. The van der Waals surface area contributed by atoms with E-state index in [4.69, 9.17) is 4.74 Å². The molecule has 0 unspecified atom stereocenters. The van der Waals surface area contributed by atoms with Gasteiger partial charge in [-0.3, -0.25) is 4.79 Å². The summed E-state index contributed by atoms with van der Waals surface area (Å²) in [4.78, 5) is 11.9. The number of hydrogen-bond acceptors (Lipinski definition) is 3. The van der Waals surface area contributed by atoms with Gasteiger partial charge in [0.05, 0.1) is 17.3 Å². The van der Waals surface area contributed by atoms with Crippen molar-refractivity contribution in [3.8, 4) is 5.75 Å². The lowest BCUT2D eigenvalue weighted by molar-refractivity contribution is -0.121. The summed E-state index contributed by atoms with van der Waals surface area (Å²) in [7, 11) is 1.62. The number of benzene rings is 2. The first-order chi connectivity index (χ1) is 11.1. The Morgan fingerprint density at radius 1 is 1.22 bits per heavy atom. The largest absolute Gasteiger partial charge is 0.496 e. The van der Waals surface area contributed by atoms with Crippen molar-refractivity contribution >= 4 is 27.5 Å². The third-order valence-electron chi connectivity index (χ3n) is 3.40. The molecule has 0 aliphatic rings. The smallest absolute Gasteiger partial charge is 0.240 e. The molecule has 4 nitrogen and oxygen atoms in total. The van der Waals surface area contributed by atoms with Crippen molar-refractivity contribution in [3.05, 3.63) is 64.1 Å². The average molecular weight is 375 g/mol. The lowest BCUT2D eigenvalue weighted by Gasteiger charge is -2.06. The minimum Gasteiger partial charge on any atom is -0.496 e. The summed E-state index contributed by atoms with van der Waals surface area (Å²) in [6, 6.07) is 15.6. The summed E-state index contributed by atoms with van der Waals surface area (Å²) in [5.41, 5.74) is 5.40. The van der Waals surface area contributed by atoms with Crippen LogP contribution in [-0.4, -0.2) is 18.7 Å². The van der Waals surface area contributed by atoms with Crippen LogP contribution in [0, 0.1) is 0 Å². The second kappa shape index (κ2) is 8.48. The predicted octanol–water partition coefficient (Wildman–Crippen LogP) is 3.93. The van der Waals surface area contributed by atoms with E-state index in [2.05, 4.69) is 26.5 Å². The number of nitrogens with one attached hydrogen (secondary N) is 1. The van der Waals surface area contributed by atoms with E-state index in [1.807, 2.05) is 55.5 Å². The fourth-order valence-corrected chi connectivity index (χ4v) is 2.60. The van der Waals surface area contributed by atoms with Crippen LogP contribution >= 0.6 is 15.9 Å². The summed E-state index contributed by atoms with van der Waals surface area (Å²) in [6.07, 6.45) is 1.11.